The monoisotopic (exact) mass is 874 g/mol. The maximum absolute atomic E-state index is 15.3. The number of allylic oxidation sites excluding steroid dienone is 1. The molecule has 0 atom stereocenters. The summed E-state index contributed by atoms with van der Waals surface area (Å²) in [6.45, 7) is 10.4. The minimum absolute atomic E-state index is 0.00588. The number of sulfonamides is 1. The number of piperazine rings is 1. The largest absolute Gasteiger partial charge is 0.455 e. The highest BCUT2D eigenvalue weighted by molar-refractivity contribution is 7.90. The minimum Gasteiger partial charge on any atom is -0.455 e. The third-order valence-electron chi connectivity index (χ3n) is 11.8. The molecule has 0 bridgehead atoms. The van der Waals surface area contributed by atoms with Crippen molar-refractivity contribution in [3.63, 3.8) is 0 Å². The topological polar surface area (TPSA) is 129 Å². The molecule has 0 spiro atoms. The number of nitrogens with zero attached hydrogens (tertiary/aromatic N) is 3. The maximum atomic E-state index is 15.3. The van der Waals surface area contributed by atoms with Gasteiger partial charge in [-0.15, -0.1) is 0 Å². The van der Waals surface area contributed by atoms with Crippen LogP contribution in [0.4, 0.5) is 15.8 Å². The van der Waals surface area contributed by atoms with Gasteiger partial charge in [-0.2, -0.15) is 0 Å². The molecule has 3 aliphatic rings. The fraction of sp³-hybridized carbons (Fsp3) is 0.378. The van der Waals surface area contributed by atoms with Gasteiger partial charge in [-0.1, -0.05) is 54.8 Å². The predicted molar refractivity (Wildman–Crippen MR) is 235 cm³/mol. The number of aromatic nitrogens is 2. The van der Waals surface area contributed by atoms with Crippen molar-refractivity contribution in [1.82, 2.24) is 19.6 Å². The molecular weight excluding hydrogens is 827 g/mol. The Bertz CT molecular complexity index is 2490. The van der Waals surface area contributed by atoms with E-state index in [0.717, 1.165) is 93.1 Å². The van der Waals surface area contributed by atoms with Gasteiger partial charge < -0.3 is 24.7 Å². The summed E-state index contributed by atoms with van der Waals surface area (Å²) >= 11 is 12.6. The summed E-state index contributed by atoms with van der Waals surface area (Å²) in [5.41, 5.74) is 5.82. The van der Waals surface area contributed by atoms with Gasteiger partial charge in [0.25, 0.3) is 15.9 Å². The first-order chi connectivity index (χ1) is 28.8. The standard InChI is InChI=1S/C45H49Cl2FN6O5S/c1-45(2)13-9-32(38(25-45)30-3-5-33(46)6-4-30)28-53-15-17-54(18-16-53)34-7-8-37(41(22-34)59-35-21-31-10-14-49-43(31)51-27-35)44(55)52-60(56,57)36-23-39(47)42(40(48)24-36)50-26-29-11-19-58-20-12-29/h3-8,10,14,21-24,27,29,50H,9,11-13,15-20,25-26,28H2,1-2H3,(H,49,51)(H,52,55). The summed E-state index contributed by atoms with van der Waals surface area (Å²) in [5.74, 6) is -1.02. The van der Waals surface area contributed by atoms with Crippen molar-refractivity contribution < 1.29 is 27.1 Å². The Kier molecular flexibility index (Phi) is 12.4. The number of carbonyl (C=O) groups is 1. The predicted octanol–water partition coefficient (Wildman–Crippen LogP) is 9.54. The fourth-order valence-corrected chi connectivity index (χ4v) is 9.76. The van der Waals surface area contributed by atoms with E-state index in [0.29, 0.717) is 31.2 Å². The van der Waals surface area contributed by atoms with Gasteiger partial charge in [-0.3, -0.25) is 9.69 Å². The van der Waals surface area contributed by atoms with E-state index in [4.69, 9.17) is 32.7 Å². The molecule has 316 valence electrons. The summed E-state index contributed by atoms with van der Waals surface area (Å²) in [6, 6.07) is 18.9. The summed E-state index contributed by atoms with van der Waals surface area (Å²) in [5, 5.41) is 4.44. The maximum Gasteiger partial charge on any atom is 0.268 e. The van der Waals surface area contributed by atoms with Gasteiger partial charge in [0.05, 0.1) is 27.4 Å². The number of carbonyl (C=O) groups excluding carboxylic acids is 1. The molecule has 1 amide bonds. The second-order valence-corrected chi connectivity index (χ2v) is 19.2. The van der Waals surface area contributed by atoms with Gasteiger partial charge in [0, 0.05) is 80.8 Å². The molecule has 15 heteroatoms. The van der Waals surface area contributed by atoms with Crippen molar-refractivity contribution in [3.8, 4) is 11.5 Å². The highest BCUT2D eigenvalue weighted by atomic mass is 35.5. The van der Waals surface area contributed by atoms with Crippen LogP contribution < -0.4 is 19.7 Å². The van der Waals surface area contributed by atoms with Crippen molar-refractivity contribution >= 4 is 67.1 Å². The SMILES string of the molecule is CC1(C)CCC(CN2CCN(c3ccc(C(=O)NS(=O)(=O)c4cc(F)c(NCC5CCOCC5)c(Cl)c4)c(Oc4cnc5[nH]ccc5c4)c3)CC2)=C(c2ccc(Cl)cc2)C1. The van der Waals surface area contributed by atoms with Crippen molar-refractivity contribution in [2.75, 3.05) is 62.7 Å². The highest BCUT2D eigenvalue weighted by Gasteiger charge is 2.30. The molecule has 2 aromatic heterocycles. The molecule has 0 saturated carbocycles. The van der Waals surface area contributed by atoms with Crippen molar-refractivity contribution in [2.45, 2.75) is 50.8 Å². The molecule has 3 aromatic carbocycles. The van der Waals surface area contributed by atoms with Gasteiger partial charge in [-0.05, 0) is 103 Å². The molecular formula is C45H49Cl2FN6O5S. The number of anilines is 2. The summed E-state index contributed by atoms with van der Waals surface area (Å²) in [7, 11) is -4.56. The molecule has 8 rings (SSSR count). The normalized spacial score (nSPS) is 17.9. The minimum atomic E-state index is -4.56. The number of aromatic amines is 1. The van der Waals surface area contributed by atoms with E-state index in [1.54, 1.807) is 30.5 Å². The van der Waals surface area contributed by atoms with E-state index in [2.05, 4.69) is 55.8 Å². The summed E-state index contributed by atoms with van der Waals surface area (Å²) < 4.78 is 56.3. The van der Waals surface area contributed by atoms with E-state index in [9.17, 15) is 13.2 Å². The molecule has 1 aliphatic carbocycles. The molecule has 2 fully saturated rings. The number of rotatable bonds is 12. The first kappa shape index (κ1) is 42.0. The van der Waals surface area contributed by atoms with Gasteiger partial charge in [0.2, 0.25) is 0 Å². The zero-order valence-electron chi connectivity index (χ0n) is 33.7. The first-order valence-corrected chi connectivity index (χ1v) is 22.6. The molecule has 3 N–H and O–H groups in total. The lowest BCUT2D eigenvalue weighted by Gasteiger charge is -2.39. The van der Waals surface area contributed by atoms with E-state index in [-0.39, 0.29) is 33.4 Å². The van der Waals surface area contributed by atoms with Gasteiger partial charge >= 0.3 is 0 Å². The number of halogens is 3. The molecule has 0 unspecified atom stereocenters. The van der Waals surface area contributed by atoms with Crippen LogP contribution in [0.2, 0.25) is 10.0 Å². The van der Waals surface area contributed by atoms with Crippen LogP contribution in [0.15, 0.2) is 89.6 Å². The quantitative estimate of drug-likeness (QED) is 0.112. The lowest BCUT2D eigenvalue weighted by atomic mass is 9.72. The molecule has 5 aromatic rings. The van der Waals surface area contributed by atoms with E-state index in [1.807, 2.05) is 18.2 Å². The molecule has 2 aliphatic heterocycles. The zero-order chi connectivity index (χ0) is 42.0. The molecule has 60 heavy (non-hydrogen) atoms. The number of H-pyrrole nitrogens is 1. The lowest BCUT2D eigenvalue weighted by molar-refractivity contribution is 0.0699. The smallest absolute Gasteiger partial charge is 0.268 e. The van der Waals surface area contributed by atoms with Crippen LogP contribution in [0.5, 0.6) is 11.5 Å². The summed E-state index contributed by atoms with van der Waals surface area (Å²) in [6.07, 6.45) is 8.17. The van der Waals surface area contributed by atoms with Gasteiger partial charge in [0.1, 0.15) is 23.0 Å². The Hall–Kier alpha value is -4.66. The second kappa shape index (κ2) is 17.7. The second-order valence-electron chi connectivity index (χ2n) is 16.7. The Morgan fingerprint density at radius 3 is 2.53 bits per heavy atom. The summed E-state index contributed by atoms with van der Waals surface area (Å²) in [4.78, 5) is 25.6. The van der Waals surface area contributed by atoms with Gasteiger partial charge in [-0.25, -0.2) is 22.5 Å². The molecule has 4 heterocycles. The average Bonchev–Trinajstić information content (AvgIpc) is 3.70. The van der Waals surface area contributed by atoms with Crippen LogP contribution >= 0.6 is 23.2 Å². The van der Waals surface area contributed by atoms with Crippen LogP contribution in [-0.2, 0) is 14.8 Å². The van der Waals surface area contributed by atoms with Crippen LogP contribution in [-0.4, -0.2) is 81.7 Å². The Labute approximate surface area is 360 Å². The zero-order valence-corrected chi connectivity index (χ0v) is 36.0. The van der Waals surface area contributed by atoms with Crippen LogP contribution in [0.3, 0.4) is 0 Å². The number of pyridine rings is 1. The average molecular weight is 876 g/mol. The Balaban J connectivity index is 0.997. The van der Waals surface area contributed by atoms with Crippen LogP contribution in [0.25, 0.3) is 16.6 Å². The van der Waals surface area contributed by atoms with Gasteiger partial charge in [0.15, 0.2) is 0 Å². The van der Waals surface area contributed by atoms with Crippen LogP contribution in [0.1, 0.15) is 61.9 Å². The van der Waals surface area contributed by atoms with E-state index in [1.165, 1.54) is 22.9 Å². The molecule has 2 saturated heterocycles. The number of amides is 1. The van der Waals surface area contributed by atoms with Crippen molar-refractivity contribution in [2.24, 2.45) is 11.3 Å². The first-order valence-electron chi connectivity index (χ1n) is 20.4. The number of ether oxygens (including phenoxy) is 2. The number of hydrogen-bond donors (Lipinski definition) is 3. The number of hydrogen-bond acceptors (Lipinski definition) is 9. The Morgan fingerprint density at radius 1 is 1.02 bits per heavy atom. The highest BCUT2D eigenvalue weighted by Crippen LogP contribution is 2.43. The molecule has 11 nitrogen and oxygen atoms in total. The Morgan fingerprint density at radius 2 is 1.78 bits per heavy atom. The van der Waals surface area contributed by atoms with E-state index < -0.39 is 26.6 Å². The third kappa shape index (κ3) is 9.76. The number of nitrogens with one attached hydrogen (secondary N) is 3. The number of benzene rings is 3. The van der Waals surface area contributed by atoms with E-state index >= 15 is 4.39 Å². The third-order valence-corrected chi connectivity index (χ3v) is 13.7. The van der Waals surface area contributed by atoms with Crippen LogP contribution in [0, 0.1) is 17.2 Å². The van der Waals surface area contributed by atoms with Crippen molar-refractivity contribution in [1.29, 1.82) is 0 Å². The van der Waals surface area contributed by atoms with Crippen molar-refractivity contribution in [3.05, 3.63) is 112 Å². The molecule has 0 radical (unpaired) electrons. The fourth-order valence-electron chi connectivity index (χ4n) is 8.29. The lowest BCUT2D eigenvalue weighted by Crippen LogP contribution is -2.47. The number of fused-ring (bicyclic) bond motifs is 1.